The molecule has 0 aliphatic carbocycles. The zero-order valence-corrected chi connectivity index (χ0v) is 13.6. The quantitative estimate of drug-likeness (QED) is 0.523. The van der Waals surface area contributed by atoms with E-state index in [2.05, 4.69) is 0 Å². The molecule has 2 fully saturated rings. The van der Waals surface area contributed by atoms with Gasteiger partial charge in [-0.05, 0) is 24.5 Å². The molecule has 2 aliphatic rings. The fourth-order valence-electron chi connectivity index (χ4n) is 2.78. The van der Waals surface area contributed by atoms with E-state index in [0.717, 1.165) is 24.3 Å². The Hall–Kier alpha value is -1.92. The monoisotopic (exact) mass is 333 g/mol. The molecule has 6 nitrogen and oxygen atoms in total. The molecule has 0 bridgehead atoms. The molecule has 6 heteroatoms. The molecule has 0 aromatic heterocycles. The van der Waals surface area contributed by atoms with Crippen molar-refractivity contribution in [2.45, 2.75) is 44.3 Å². The van der Waals surface area contributed by atoms with Crippen molar-refractivity contribution in [3.63, 3.8) is 0 Å². The Bertz CT molecular complexity index is 595. The molecule has 130 valence electrons. The predicted molar refractivity (Wildman–Crippen MR) is 88.1 cm³/mol. The first-order chi connectivity index (χ1) is 11.6. The van der Waals surface area contributed by atoms with E-state index in [9.17, 15) is 9.59 Å². The molecule has 0 radical (unpaired) electrons. The largest absolute Gasteiger partial charge is 0.481 e. The number of carboxylic acid groups (broad SMARTS) is 1. The number of hydrogen-bond donors (Lipinski definition) is 1. The topological polar surface area (TPSA) is 82.7 Å². The number of amides is 1. The first-order valence-electron chi connectivity index (χ1n) is 8.47. The van der Waals surface area contributed by atoms with E-state index in [4.69, 9.17) is 14.6 Å². The lowest BCUT2D eigenvalue weighted by atomic mass is 10.1. The molecule has 2 saturated heterocycles. The highest BCUT2D eigenvalue weighted by molar-refractivity contribution is 5.94. The van der Waals surface area contributed by atoms with Crippen LogP contribution in [0.15, 0.2) is 24.3 Å². The summed E-state index contributed by atoms with van der Waals surface area (Å²) >= 11 is 0. The molecule has 0 spiro atoms. The van der Waals surface area contributed by atoms with Crippen molar-refractivity contribution >= 4 is 17.6 Å². The summed E-state index contributed by atoms with van der Waals surface area (Å²) in [5, 5.41) is 8.70. The van der Waals surface area contributed by atoms with Gasteiger partial charge in [0.1, 0.15) is 0 Å². The van der Waals surface area contributed by atoms with Crippen molar-refractivity contribution < 1.29 is 24.2 Å². The minimum atomic E-state index is -0.819. The molecule has 1 N–H and O–H groups in total. The second-order valence-corrected chi connectivity index (χ2v) is 6.35. The van der Waals surface area contributed by atoms with Gasteiger partial charge >= 0.3 is 5.97 Å². The summed E-state index contributed by atoms with van der Waals surface area (Å²) in [6.45, 7) is 2.03. The maximum atomic E-state index is 12.7. The van der Waals surface area contributed by atoms with Crippen molar-refractivity contribution in [3.05, 3.63) is 29.8 Å². The van der Waals surface area contributed by atoms with Crippen molar-refractivity contribution in [2.75, 3.05) is 24.7 Å². The Kier molecular flexibility index (Phi) is 5.48. The lowest BCUT2D eigenvalue weighted by Gasteiger charge is -2.25. The van der Waals surface area contributed by atoms with E-state index < -0.39 is 5.97 Å². The van der Waals surface area contributed by atoms with E-state index in [0.29, 0.717) is 32.4 Å². The number of para-hydroxylation sites is 1. The van der Waals surface area contributed by atoms with Crippen LogP contribution in [-0.4, -0.2) is 48.9 Å². The van der Waals surface area contributed by atoms with Crippen LogP contribution < -0.4 is 4.90 Å². The first kappa shape index (κ1) is 16.9. The minimum absolute atomic E-state index is 0.0278. The molecule has 2 atom stereocenters. The van der Waals surface area contributed by atoms with E-state index in [-0.39, 0.29) is 24.5 Å². The summed E-state index contributed by atoms with van der Waals surface area (Å²) in [4.78, 5) is 25.1. The summed E-state index contributed by atoms with van der Waals surface area (Å²) in [5.74, 6) is -0.791. The summed E-state index contributed by atoms with van der Waals surface area (Å²) in [6.07, 6.45) is 2.75. The molecular formula is C18H23NO5. The van der Waals surface area contributed by atoms with Crippen LogP contribution in [-0.2, 0) is 25.5 Å². The third-order valence-electron chi connectivity index (χ3n) is 4.25. The van der Waals surface area contributed by atoms with Crippen LogP contribution in [0.25, 0.3) is 0 Å². The number of carbonyl (C=O) groups excluding carboxylic acids is 1. The van der Waals surface area contributed by atoms with E-state index in [1.54, 1.807) is 4.90 Å². The third kappa shape index (κ3) is 5.04. The number of epoxide rings is 2. The molecule has 2 heterocycles. The summed E-state index contributed by atoms with van der Waals surface area (Å²) in [7, 11) is 0. The van der Waals surface area contributed by atoms with Crippen molar-refractivity contribution in [1.82, 2.24) is 0 Å². The zero-order valence-electron chi connectivity index (χ0n) is 13.6. The zero-order chi connectivity index (χ0) is 16.9. The van der Waals surface area contributed by atoms with Crippen LogP contribution >= 0.6 is 0 Å². The maximum Gasteiger partial charge on any atom is 0.303 e. The number of benzene rings is 1. The Morgan fingerprint density at radius 3 is 2.42 bits per heavy atom. The molecule has 1 aromatic rings. The smallest absolute Gasteiger partial charge is 0.303 e. The average Bonchev–Trinajstić information content (AvgIpc) is 3.45. The summed E-state index contributed by atoms with van der Waals surface area (Å²) < 4.78 is 10.6. The van der Waals surface area contributed by atoms with Crippen LogP contribution in [0.5, 0.6) is 0 Å². The average molecular weight is 333 g/mol. The van der Waals surface area contributed by atoms with Gasteiger partial charge in [-0.15, -0.1) is 0 Å². The maximum absolute atomic E-state index is 12.7. The molecule has 1 amide bonds. The van der Waals surface area contributed by atoms with Crippen molar-refractivity contribution in [1.29, 1.82) is 0 Å². The number of aliphatic carboxylic acids is 1. The number of unbranched alkanes of at least 4 members (excludes halogenated alkanes) is 1. The van der Waals surface area contributed by atoms with E-state index in [1.165, 1.54) is 0 Å². The van der Waals surface area contributed by atoms with Crippen molar-refractivity contribution in [3.8, 4) is 0 Å². The predicted octanol–water partition coefficient (Wildman–Crippen LogP) is 2.00. The van der Waals surface area contributed by atoms with Gasteiger partial charge in [0.2, 0.25) is 5.91 Å². The summed E-state index contributed by atoms with van der Waals surface area (Å²) in [6, 6.07) is 7.92. The summed E-state index contributed by atoms with van der Waals surface area (Å²) in [5.41, 5.74) is 2.03. The molecule has 2 aliphatic heterocycles. The number of ether oxygens (including phenoxy) is 2. The number of hydrogen-bond acceptors (Lipinski definition) is 4. The van der Waals surface area contributed by atoms with Gasteiger partial charge in [-0.25, -0.2) is 0 Å². The van der Waals surface area contributed by atoms with Crippen LogP contribution in [0.1, 0.15) is 31.2 Å². The van der Waals surface area contributed by atoms with E-state index in [1.807, 2.05) is 24.3 Å². The normalized spacial score (nSPS) is 21.3. The second kappa shape index (κ2) is 7.77. The van der Waals surface area contributed by atoms with Crippen LogP contribution in [0.4, 0.5) is 5.69 Å². The van der Waals surface area contributed by atoms with Gasteiger partial charge < -0.3 is 19.5 Å². The Morgan fingerprint density at radius 1 is 1.08 bits per heavy atom. The number of carbonyl (C=O) groups is 2. The van der Waals surface area contributed by atoms with E-state index >= 15 is 0 Å². The fourth-order valence-corrected chi connectivity index (χ4v) is 2.78. The number of anilines is 1. The number of nitrogens with zero attached hydrogens (tertiary/aromatic N) is 1. The molecule has 24 heavy (non-hydrogen) atoms. The number of carboxylic acids is 1. The van der Waals surface area contributed by atoms with Gasteiger partial charge in [-0.2, -0.15) is 0 Å². The highest BCUT2D eigenvalue weighted by Gasteiger charge is 2.31. The van der Waals surface area contributed by atoms with Crippen LogP contribution in [0.3, 0.4) is 0 Å². The lowest BCUT2D eigenvalue weighted by molar-refractivity contribution is -0.137. The van der Waals surface area contributed by atoms with Gasteiger partial charge in [0.15, 0.2) is 0 Å². The third-order valence-corrected chi connectivity index (χ3v) is 4.25. The first-order valence-corrected chi connectivity index (χ1v) is 8.47. The van der Waals surface area contributed by atoms with Gasteiger partial charge in [0.05, 0.1) is 32.0 Å². The Labute approximate surface area is 141 Å². The molecule has 3 rings (SSSR count). The Balaban J connectivity index is 1.66. The Morgan fingerprint density at radius 2 is 1.75 bits per heavy atom. The van der Waals surface area contributed by atoms with Crippen LogP contribution in [0.2, 0.25) is 0 Å². The molecule has 0 saturated carbocycles. The molecule has 1 aromatic carbocycles. The lowest BCUT2D eigenvalue weighted by Crippen LogP contribution is -2.35. The minimum Gasteiger partial charge on any atom is -0.481 e. The molecular weight excluding hydrogens is 310 g/mol. The highest BCUT2D eigenvalue weighted by atomic mass is 16.6. The van der Waals surface area contributed by atoms with Gasteiger partial charge in [0.25, 0.3) is 0 Å². The van der Waals surface area contributed by atoms with Crippen molar-refractivity contribution in [2.24, 2.45) is 0 Å². The molecule has 2 unspecified atom stereocenters. The fraction of sp³-hybridized carbons (Fsp3) is 0.556. The SMILES string of the molecule is O=C(O)CCCCC(=O)N(CC1CO1)c1ccccc1CC1CO1. The van der Waals surface area contributed by atoms with Gasteiger partial charge in [-0.1, -0.05) is 18.2 Å². The second-order valence-electron chi connectivity index (χ2n) is 6.35. The standard InChI is InChI=1S/C18H23NO5/c20-17(7-3-4-8-18(21)22)19(10-15-12-24-15)16-6-2-1-5-13(16)9-14-11-23-14/h1-2,5-6,14-15H,3-4,7-12H2,(H,21,22). The highest BCUT2D eigenvalue weighted by Crippen LogP contribution is 2.28. The number of rotatable bonds is 10. The van der Waals surface area contributed by atoms with Gasteiger partial charge in [0, 0.05) is 24.9 Å². The van der Waals surface area contributed by atoms with Gasteiger partial charge in [-0.3, -0.25) is 9.59 Å². The van der Waals surface area contributed by atoms with Crippen LogP contribution in [0, 0.1) is 0 Å².